The van der Waals surface area contributed by atoms with Crippen LogP contribution in [-0.2, 0) is 15.1 Å². The van der Waals surface area contributed by atoms with Crippen LogP contribution in [0.15, 0.2) is 54.6 Å². The van der Waals surface area contributed by atoms with Gasteiger partial charge in [0.25, 0.3) is 5.91 Å². The number of hydrogen-bond donors (Lipinski definition) is 2. The lowest BCUT2D eigenvalue weighted by Gasteiger charge is -2.25. The standard InChI is InChI=1S/C23H27N3O3/c1-4-16(3)17-11-13-19(14-12-17)24-20(27)15-26-21(28)23(5-2,25-22(26)29)18-9-7-6-8-10-18/h6-14,16H,4-5,15H2,1-3H3,(H,24,27)(H,25,29)/t16-,23-/m1/s1. The van der Waals surface area contributed by atoms with E-state index >= 15 is 0 Å². The number of rotatable bonds is 7. The average Bonchev–Trinajstić information content (AvgIpc) is 2.99. The van der Waals surface area contributed by atoms with Crippen LogP contribution >= 0.6 is 0 Å². The summed E-state index contributed by atoms with van der Waals surface area (Å²) in [4.78, 5) is 39.0. The van der Waals surface area contributed by atoms with Gasteiger partial charge in [-0.3, -0.25) is 14.5 Å². The molecule has 1 heterocycles. The van der Waals surface area contributed by atoms with E-state index in [0.29, 0.717) is 23.6 Å². The molecule has 2 aromatic carbocycles. The normalized spacial score (nSPS) is 19.8. The smallest absolute Gasteiger partial charge is 0.325 e. The van der Waals surface area contributed by atoms with Crippen LogP contribution in [0.2, 0.25) is 0 Å². The van der Waals surface area contributed by atoms with Gasteiger partial charge in [-0.1, -0.05) is 63.2 Å². The van der Waals surface area contributed by atoms with Crippen molar-refractivity contribution in [1.82, 2.24) is 10.2 Å². The molecule has 0 unspecified atom stereocenters. The van der Waals surface area contributed by atoms with Crippen molar-refractivity contribution >= 4 is 23.5 Å². The average molecular weight is 393 g/mol. The summed E-state index contributed by atoms with van der Waals surface area (Å²) >= 11 is 0. The van der Waals surface area contributed by atoms with Crippen molar-refractivity contribution < 1.29 is 14.4 Å². The highest BCUT2D eigenvalue weighted by molar-refractivity contribution is 6.10. The Morgan fingerprint density at radius 2 is 1.72 bits per heavy atom. The van der Waals surface area contributed by atoms with Gasteiger partial charge in [0.1, 0.15) is 12.1 Å². The minimum Gasteiger partial charge on any atom is -0.325 e. The van der Waals surface area contributed by atoms with E-state index in [1.807, 2.05) is 61.5 Å². The first-order valence-corrected chi connectivity index (χ1v) is 10.0. The molecule has 2 aromatic rings. The molecule has 0 bridgehead atoms. The van der Waals surface area contributed by atoms with Crippen molar-refractivity contribution in [2.24, 2.45) is 0 Å². The van der Waals surface area contributed by atoms with E-state index in [1.165, 1.54) is 5.56 Å². The Balaban J connectivity index is 1.70. The Kier molecular flexibility index (Phi) is 6.01. The summed E-state index contributed by atoms with van der Waals surface area (Å²) in [6.07, 6.45) is 1.44. The topological polar surface area (TPSA) is 78.5 Å². The molecule has 2 N–H and O–H groups in total. The predicted molar refractivity (Wildman–Crippen MR) is 112 cm³/mol. The summed E-state index contributed by atoms with van der Waals surface area (Å²) in [5, 5.41) is 5.55. The maximum atomic E-state index is 13.1. The molecule has 1 aliphatic heterocycles. The number of benzene rings is 2. The molecule has 1 fully saturated rings. The summed E-state index contributed by atoms with van der Waals surface area (Å²) in [6, 6.07) is 16.2. The van der Waals surface area contributed by atoms with Crippen LogP contribution in [0, 0.1) is 0 Å². The number of nitrogens with one attached hydrogen (secondary N) is 2. The van der Waals surface area contributed by atoms with Gasteiger partial charge in [0.15, 0.2) is 0 Å². The van der Waals surface area contributed by atoms with Gasteiger partial charge in [0, 0.05) is 5.69 Å². The minimum atomic E-state index is -1.13. The molecule has 0 saturated carbocycles. The highest BCUT2D eigenvalue weighted by Crippen LogP contribution is 2.32. The maximum absolute atomic E-state index is 13.1. The van der Waals surface area contributed by atoms with Crippen LogP contribution < -0.4 is 10.6 Å². The molecule has 1 saturated heterocycles. The SMILES string of the molecule is CC[C@@H](C)c1ccc(NC(=O)CN2C(=O)N[C@](CC)(c3ccccc3)C2=O)cc1. The third-order valence-corrected chi connectivity index (χ3v) is 5.65. The number of amides is 4. The monoisotopic (exact) mass is 393 g/mol. The van der Waals surface area contributed by atoms with Crippen molar-refractivity contribution in [3.8, 4) is 0 Å². The maximum Gasteiger partial charge on any atom is 0.325 e. The second-order valence-electron chi connectivity index (χ2n) is 7.43. The first kappa shape index (κ1) is 20.6. The van der Waals surface area contributed by atoms with E-state index < -0.39 is 23.4 Å². The van der Waals surface area contributed by atoms with Crippen molar-refractivity contribution in [3.63, 3.8) is 0 Å². The van der Waals surface area contributed by atoms with Gasteiger partial charge < -0.3 is 10.6 Å². The molecule has 3 rings (SSSR count). The molecule has 1 aliphatic rings. The second kappa shape index (κ2) is 8.47. The molecule has 29 heavy (non-hydrogen) atoms. The Hall–Kier alpha value is -3.15. The molecule has 152 valence electrons. The summed E-state index contributed by atoms with van der Waals surface area (Å²) < 4.78 is 0. The quantitative estimate of drug-likeness (QED) is 0.698. The molecule has 0 aliphatic carbocycles. The summed E-state index contributed by atoms with van der Waals surface area (Å²) in [5.41, 5.74) is 1.43. The van der Waals surface area contributed by atoms with Crippen molar-refractivity contribution in [2.45, 2.75) is 45.1 Å². The number of hydrogen-bond acceptors (Lipinski definition) is 3. The first-order valence-electron chi connectivity index (χ1n) is 10.0. The lowest BCUT2D eigenvalue weighted by molar-refractivity contribution is -0.134. The highest BCUT2D eigenvalue weighted by atomic mass is 16.2. The Bertz CT molecular complexity index is 895. The van der Waals surface area contributed by atoms with Crippen molar-refractivity contribution in [2.75, 3.05) is 11.9 Å². The lowest BCUT2D eigenvalue weighted by Crippen LogP contribution is -2.44. The Morgan fingerprint density at radius 3 is 2.31 bits per heavy atom. The zero-order chi connectivity index (χ0) is 21.0. The zero-order valence-electron chi connectivity index (χ0n) is 17.1. The van der Waals surface area contributed by atoms with Gasteiger partial charge in [0.2, 0.25) is 5.91 Å². The van der Waals surface area contributed by atoms with E-state index in [-0.39, 0.29) is 6.54 Å². The zero-order valence-corrected chi connectivity index (χ0v) is 17.1. The van der Waals surface area contributed by atoms with Gasteiger partial charge >= 0.3 is 6.03 Å². The molecule has 0 aromatic heterocycles. The van der Waals surface area contributed by atoms with E-state index in [4.69, 9.17) is 0 Å². The minimum absolute atomic E-state index is 0.327. The van der Waals surface area contributed by atoms with Crippen LogP contribution in [0.5, 0.6) is 0 Å². The molecule has 6 heteroatoms. The Labute approximate surface area is 171 Å². The number of carbonyl (C=O) groups is 3. The molecule has 4 amide bonds. The number of nitrogens with zero attached hydrogens (tertiary/aromatic N) is 1. The second-order valence-corrected chi connectivity index (χ2v) is 7.43. The fraction of sp³-hybridized carbons (Fsp3) is 0.348. The Morgan fingerprint density at radius 1 is 1.07 bits per heavy atom. The molecule has 0 radical (unpaired) electrons. The van der Waals surface area contributed by atoms with Gasteiger partial charge in [-0.05, 0) is 42.0 Å². The van der Waals surface area contributed by atoms with E-state index in [2.05, 4.69) is 24.5 Å². The van der Waals surface area contributed by atoms with Crippen LogP contribution in [0.25, 0.3) is 0 Å². The predicted octanol–water partition coefficient (Wildman–Crippen LogP) is 4.00. The number of carbonyl (C=O) groups excluding carboxylic acids is 3. The van der Waals surface area contributed by atoms with E-state index in [0.717, 1.165) is 11.3 Å². The number of anilines is 1. The molecule has 6 nitrogen and oxygen atoms in total. The van der Waals surface area contributed by atoms with Crippen LogP contribution in [0.3, 0.4) is 0 Å². The number of imide groups is 1. The third kappa shape index (κ3) is 4.01. The summed E-state index contributed by atoms with van der Waals surface area (Å²) in [7, 11) is 0. The fourth-order valence-electron chi connectivity index (χ4n) is 3.61. The molecule has 2 atom stereocenters. The molecule has 0 spiro atoms. The van der Waals surface area contributed by atoms with Crippen LogP contribution in [0.1, 0.15) is 50.7 Å². The largest absolute Gasteiger partial charge is 0.325 e. The first-order chi connectivity index (χ1) is 13.9. The fourth-order valence-corrected chi connectivity index (χ4v) is 3.61. The summed E-state index contributed by atoms with van der Waals surface area (Å²) in [5.74, 6) is -0.367. The third-order valence-electron chi connectivity index (χ3n) is 5.65. The van der Waals surface area contributed by atoms with Gasteiger partial charge in [-0.25, -0.2) is 4.79 Å². The lowest BCUT2D eigenvalue weighted by atomic mass is 9.87. The van der Waals surface area contributed by atoms with Crippen LogP contribution in [-0.4, -0.2) is 29.3 Å². The van der Waals surface area contributed by atoms with Crippen LogP contribution in [0.4, 0.5) is 10.5 Å². The van der Waals surface area contributed by atoms with E-state index in [9.17, 15) is 14.4 Å². The molecular weight excluding hydrogens is 366 g/mol. The summed E-state index contributed by atoms with van der Waals surface area (Å²) in [6.45, 7) is 5.79. The van der Waals surface area contributed by atoms with Gasteiger partial charge in [-0.15, -0.1) is 0 Å². The van der Waals surface area contributed by atoms with Crippen molar-refractivity contribution in [1.29, 1.82) is 0 Å². The van der Waals surface area contributed by atoms with Gasteiger partial charge in [-0.2, -0.15) is 0 Å². The van der Waals surface area contributed by atoms with Crippen molar-refractivity contribution in [3.05, 3.63) is 65.7 Å². The van der Waals surface area contributed by atoms with E-state index in [1.54, 1.807) is 0 Å². The van der Waals surface area contributed by atoms with Gasteiger partial charge in [0.05, 0.1) is 0 Å². The molecular formula is C23H27N3O3. The number of urea groups is 1. The highest BCUT2D eigenvalue weighted by Gasteiger charge is 2.51.